The van der Waals surface area contributed by atoms with Crippen molar-refractivity contribution in [3.05, 3.63) is 75.0 Å². The number of Topliss-reactive ketones (excluding diaryl/α,β-unsaturated/α-hetero) is 1. The Morgan fingerprint density at radius 1 is 1.22 bits per heavy atom. The smallest absolute Gasteiger partial charge is 0.315 e. The summed E-state index contributed by atoms with van der Waals surface area (Å²) in [6.45, 7) is 1.47. The van der Waals surface area contributed by atoms with Crippen molar-refractivity contribution in [3.63, 3.8) is 0 Å². The first-order valence-electron chi connectivity index (χ1n) is 7.94. The van der Waals surface area contributed by atoms with E-state index in [-0.39, 0.29) is 16.8 Å². The highest BCUT2D eigenvalue weighted by molar-refractivity contribution is 7.98. The Bertz CT molecular complexity index is 1040. The highest BCUT2D eigenvalue weighted by atomic mass is 35.5. The van der Waals surface area contributed by atoms with Gasteiger partial charge in [0, 0.05) is 22.0 Å². The standard InChI is InChI=1S/C18H16ClN5O2S/c1-11(25)13-3-2-4-15(9-13)21-16-17(26)24(20)18(23-22-16)27-10-12-5-7-14(19)8-6-12/h2-9H,10,20H2,1H3,(H,21,22). The fraction of sp³-hybridized carbons (Fsp3) is 0.111. The molecule has 9 heteroatoms. The van der Waals surface area contributed by atoms with Crippen molar-refractivity contribution in [1.82, 2.24) is 14.9 Å². The number of carbonyl (C=O) groups is 1. The Balaban J connectivity index is 1.76. The molecule has 3 aromatic rings. The van der Waals surface area contributed by atoms with Gasteiger partial charge in [-0.05, 0) is 36.8 Å². The van der Waals surface area contributed by atoms with E-state index in [1.165, 1.54) is 18.7 Å². The van der Waals surface area contributed by atoms with Crippen LogP contribution in [0.25, 0.3) is 0 Å². The lowest BCUT2D eigenvalue weighted by Crippen LogP contribution is -2.32. The lowest BCUT2D eigenvalue weighted by Gasteiger charge is -2.09. The van der Waals surface area contributed by atoms with Gasteiger partial charge >= 0.3 is 5.56 Å². The minimum absolute atomic E-state index is 0.0194. The number of aromatic nitrogens is 3. The maximum absolute atomic E-state index is 12.4. The van der Waals surface area contributed by atoms with Crippen molar-refractivity contribution in [3.8, 4) is 0 Å². The maximum atomic E-state index is 12.4. The second kappa shape index (κ2) is 8.24. The molecule has 0 aliphatic rings. The SMILES string of the molecule is CC(=O)c1cccc(Nc2nnc(SCc3ccc(Cl)cc3)n(N)c2=O)c1. The van der Waals surface area contributed by atoms with Gasteiger partial charge in [-0.1, -0.05) is 47.6 Å². The summed E-state index contributed by atoms with van der Waals surface area (Å²) in [5.74, 6) is 6.34. The van der Waals surface area contributed by atoms with Crippen LogP contribution < -0.4 is 16.7 Å². The molecule has 0 amide bonds. The molecule has 0 saturated heterocycles. The van der Waals surface area contributed by atoms with Crippen LogP contribution in [0.3, 0.4) is 0 Å². The molecular weight excluding hydrogens is 386 g/mol. The number of nitrogens with zero attached hydrogens (tertiary/aromatic N) is 3. The zero-order valence-corrected chi connectivity index (χ0v) is 15.9. The number of anilines is 2. The molecule has 1 heterocycles. The van der Waals surface area contributed by atoms with E-state index in [1.54, 1.807) is 36.4 Å². The van der Waals surface area contributed by atoms with Gasteiger partial charge in [-0.15, -0.1) is 10.2 Å². The summed E-state index contributed by atoms with van der Waals surface area (Å²) in [4.78, 5) is 23.9. The van der Waals surface area contributed by atoms with E-state index in [0.29, 0.717) is 22.0 Å². The number of rotatable bonds is 6. The zero-order chi connectivity index (χ0) is 19.4. The van der Waals surface area contributed by atoms with Crippen LogP contribution >= 0.6 is 23.4 Å². The normalized spacial score (nSPS) is 10.6. The van der Waals surface area contributed by atoms with Crippen LogP contribution in [0.15, 0.2) is 58.5 Å². The van der Waals surface area contributed by atoms with Crippen molar-refractivity contribution < 1.29 is 4.79 Å². The Morgan fingerprint density at radius 3 is 2.67 bits per heavy atom. The molecule has 0 bridgehead atoms. The summed E-state index contributed by atoms with van der Waals surface area (Å²) in [5, 5.41) is 11.8. The average molecular weight is 402 g/mol. The number of halogens is 1. The Labute approximate surface area is 164 Å². The van der Waals surface area contributed by atoms with E-state index in [9.17, 15) is 9.59 Å². The quantitative estimate of drug-likeness (QED) is 0.371. The van der Waals surface area contributed by atoms with Gasteiger partial charge in [0.1, 0.15) is 0 Å². The second-order valence-corrected chi connectivity index (χ2v) is 7.06. The first-order chi connectivity index (χ1) is 12.9. The van der Waals surface area contributed by atoms with Gasteiger partial charge in [0.15, 0.2) is 5.78 Å². The molecule has 1 aromatic heterocycles. The fourth-order valence-electron chi connectivity index (χ4n) is 2.24. The Kier molecular flexibility index (Phi) is 5.78. The second-order valence-electron chi connectivity index (χ2n) is 5.68. The van der Waals surface area contributed by atoms with Gasteiger partial charge in [0.25, 0.3) is 0 Å². The first kappa shape index (κ1) is 18.9. The van der Waals surface area contributed by atoms with Gasteiger partial charge in [-0.3, -0.25) is 9.59 Å². The van der Waals surface area contributed by atoms with Crippen LogP contribution in [0.4, 0.5) is 11.5 Å². The van der Waals surface area contributed by atoms with E-state index in [4.69, 9.17) is 17.4 Å². The van der Waals surface area contributed by atoms with Crippen molar-refractivity contribution in [2.45, 2.75) is 17.8 Å². The van der Waals surface area contributed by atoms with E-state index in [1.807, 2.05) is 12.1 Å². The number of hydrogen-bond acceptors (Lipinski definition) is 7. The summed E-state index contributed by atoms with van der Waals surface area (Å²) >= 11 is 7.16. The highest BCUT2D eigenvalue weighted by Crippen LogP contribution is 2.21. The summed E-state index contributed by atoms with van der Waals surface area (Å²) in [6.07, 6.45) is 0. The predicted molar refractivity (Wildman–Crippen MR) is 107 cm³/mol. The number of nitrogens with one attached hydrogen (secondary N) is 1. The molecule has 0 saturated carbocycles. The predicted octanol–water partition coefficient (Wildman–Crippen LogP) is 3.24. The lowest BCUT2D eigenvalue weighted by atomic mass is 10.1. The van der Waals surface area contributed by atoms with E-state index < -0.39 is 5.56 Å². The zero-order valence-electron chi connectivity index (χ0n) is 14.3. The third-order valence-corrected chi connectivity index (χ3v) is 4.94. The number of nitrogen functional groups attached to an aromatic ring is 1. The molecule has 0 radical (unpaired) electrons. The van der Waals surface area contributed by atoms with Gasteiger partial charge in [0.05, 0.1) is 0 Å². The number of hydrogen-bond donors (Lipinski definition) is 2. The molecule has 0 unspecified atom stereocenters. The maximum Gasteiger partial charge on any atom is 0.315 e. The van der Waals surface area contributed by atoms with Crippen LogP contribution in [-0.4, -0.2) is 20.7 Å². The first-order valence-corrected chi connectivity index (χ1v) is 9.30. The Hall–Kier alpha value is -2.84. The van der Waals surface area contributed by atoms with Crippen molar-refractivity contribution in [2.24, 2.45) is 0 Å². The molecule has 3 N–H and O–H groups in total. The topological polar surface area (TPSA) is 103 Å². The third kappa shape index (κ3) is 4.66. The minimum Gasteiger partial charge on any atom is -0.334 e. The van der Waals surface area contributed by atoms with Crippen LogP contribution in [0.1, 0.15) is 22.8 Å². The molecular formula is C18H16ClN5O2S. The van der Waals surface area contributed by atoms with E-state index >= 15 is 0 Å². The number of nitrogens with two attached hydrogens (primary N) is 1. The number of thioether (sulfide) groups is 1. The summed E-state index contributed by atoms with van der Waals surface area (Å²) in [5.41, 5.74) is 1.57. The van der Waals surface area contributed by atoms with Gasteiger partial charge in [0.2, 0.25) is 11.0 Å². The van der Waals surface area contributed by atoms with Gasteiger partial charge < -0.3 is 11.2 Å². The van der Waals surface area contributed by atoms with E-state index in [2.05, 4.69) is 15.5 Å². The van der Waals surface area contributed by atoms with Crippen LogP contribution in [-0.2, 0) is 5.75 Å². The van der Waals surface area contributed by atoms with Gasteiger partial charge in [-0.25, -0.2) is 0 Å². The van der Waals surface area contributed by atoms with Crippen LogP contribution in [0, 0.1) is 0 Å². The monoisotopic (exact) mass is 401 g/mol. The molecule has 0 fully saturated rings. The van der Waals surface area contributed by atoms with E-state index in [0.717, 1.165) is 10.2 Å². The van der Waals surface area contributed by atoms with Crippen molar-refractivity contribution >= 4 is 40.7 Å². The largest absolute Gasteiger partial charge is 0.334 e. The molecule has 0 aliphatic heterocycles. The highest BCUT2D eigenvalue weighted by Gasteiger charge is 2.12. The molecule has 2 aromatic carbocycles. The molecule has 0 aliphatic carbocycles. The van der Waals surface area contributed by atoms with Crippen LogP contribution in [0.2, 0.25) is 5.02 Å². The Morgan fingerprint density at radius 2 is 1.96 bits per heavy atom. The molecule has 138 valence electrons. The van der Waals surface area contributed by atoms with Crippen molar-refractivity contribution in [2.75, 3.05) is 11.2 Å². The van der Waals surface area contributed by atoms with Crippen molar-refractivity contribution in [1.29, 1.82) is 0 Å². The summed E-state index contributed by atoms with van der Waals surface area (Å²) in [6, 6.07) is 14.1. The molecule has 27 heavy (non-hydrogen) atoms. The van der Waals surface area contributed by atoms with Gasteiger partial charge in [-0.2, -0.15) is 4.68 Å². The number of benzene rings is 2. The fourth-order valence-corrected chi connectivity index (χ4v) is 3.18. The third-order valence-electron chi connectivity index (χ3n) is 3.68. The molecule has 3 rings (SSSR count). The minimum atomic E-state index is -0.517. The van der Waals surface area contributed by atoms with Crippen LogP contribution in [0.5, 0.6) is 0 Å². The number of carbonyl (C=O) groups excluding carboxylic acids is 1. The molecule has 0 atom stereocenters. The summed E-state index contributed by atoms with van der Waals surface area (Å²) in [7, 11) is 0. The molecule has 0 spiro atoms. The average Bonchev–Trinajstić information content (AvgIpc) is 2.66. The lowest BCUT2D eigenvalue weighted by molar-refractivity contribution is 0.101. The number of ketones is 1. The molecule has 7 nitrogen and oxygen atoms in total. The summed E-state index contributed by atoms with van der Waals surface area (Å²) < 4.78 is 0.949.